The summed E-state index contributed by atoms with van der Waals surface area (Å²) in [5, 5.41) is 2.24. The van der Waals surface area contributed by atoms with Gasteiger partial charge < -0.3 is 5.32 Å². The number of benzene rings is 1. The molecular formula is C20H19N3O3S. The second-order valence-electron chi connectivity index (χ2n) is 6.07. The molecule has 0 radical (unpaired) electrons. The maximum atomic E-state index is 12.5. The van der Waals surface area contributed by atoms with Crippen molar-refractivity contribution >= 4 is 40.6 Å². The lowest BCUT2D eigenvalue weighted by Crippen LogP contribution is -2.36. The zero-order valence-corrected chi connectivity index (χ0v) is 15.9. The molecule has 1 fully saturated rings. The highest BCUT2D eigenvalue weighted by atomic mass is 32.2. The Morgan fingerprint density at radius 2 is 1.93 bits per heavy atom. The van der Waals surface area contributed by atoms with Crippen LogP contribution in [0, 0.1) is 6.92 Å². The minimum Gasteiger partial charge on any atom is -0.325 e. The minimum atomic E-state index is -0.482. The highest BCUT2D eigenvalue weighted by Gasteiger charge is 2.36. The number of hydrogen-bond donors (Lipinski definition) is 1. The number of amides is 3. The van der Waals surface area contributed by atoms with Crippen LogP contribution in [-0.4, -0.2) is 33.5 Å². The molecular weight excluding hydrogens is 362 g/mol. The third-order valence-electron chi connectivity index (χ3n) is 4.01. The van der Waals surface area contributed by atoms with Crippen LogP contribution in [0.25, 0.3) is 6.08 Å². The van der Waals surface area contributed by atoms with E-state index in [1.165, 1.54) is 0 Å². The van der Waals surface area contributed by atoms with Gasteiger partial charge in [-0.1, -0.05) is 25.1 Å². The third-order valence-corrected chi connectivity index (χ3v) is 4.92. The Morgan fingerprint density at radius 1 is 1.19 bits per heavy atom. The summed E-state index contributed by atoms with van der Waals surface area (Å²) in [6.45, 7) is 3.58. The van der Waals surface area contributed by atoms with Crippen molar-refractivity contribution in [3.05, 3.63) is 64.3 Å². The van der Waals surface area contributed by atoms with Crippen molar-refractivity contribution in [2.24, 2.45) is 0 Å². The van der Waals surface area contributed by atoms with Crippen LogP contribution in [-0.2, 0) is 16.0 Å². The number of hydrogen-bond acceptors (Lipinski definition) is 5. The van der Waals surface area contributed by atoms with Crippen LogP contribution in [0.3, 0.4) is 0 Å². The average Bonchev–Trinajstić information content (AvgIpc) is 2.90. The van der Waals surface area contributed by atoms with E-state index in [4.69, 9.17) is 0 Å². The molecule has 27 heavy (non-hydrogen) atoms. The summed E-state index contributed by atoms with van der Waals surface area (Å²) in [6, 6.07) is 12.9. The molecule has 0 spiro atoms. The summed E-state index contributed by atoms with van der Waals surface area (Å²) >= 11 is 0.814. The van der Waals surface area contributed by atoms with Crippen LogP contribution in [0.4, 0.5) is 10.5 Å². The van der Waals surface area contributed by atoms with Crippen molar-refractivity contribution in [1.82, 2.24) is 9.88 Å². The second kappa shape index (κ2) is 8.18. The van der Waals surface area contributed by atoms with E-state index in [2.05, 4.69) is 10.3 Å². The Labute approximate surface area is 161 Å². The van der Waals surface area contributed by atoms with Gasteiger partial charge in [0, 0.05) is 11.4 Å². The van der Waals surface area contributed by atoms with Gasteiger partial charge in [0.25, 0.3) is 11.1 Å². The summed E-state index contributed by atoms with van der Waals surface area (Å²) in [4.78, 5) is 42.4. The Balaban J connectivity index is 1.67. The lowest BCUT2D eigenvalue weighted by atomic mass is 10.1. The Morgan fingerprint density at radius 3 is 2.59 bits per heavy atom. The second-order valence-corrected chi connectivity index (χ2v) is 7.06. The van der Waals surface area contributed by atoms with Crippen LogP contribution in [0.15, 0.2) is 47.4 Å². The number of anilines is 1. The fourth-order valence-electron chi connectivity index (χ4n) is 2.58. The first kappa shape index (κ1) is 18.8. The molecule has 138 valence electrons. The van der Waals surface area contributed by atoms with Crippen molar-refractivity contribution in [3.63, 3.8) is 0 Å². The summed E-state index contributed by atoms with van der Waals surface area (Å²) in [6.07, 6.45) is 2.48. The lowest BCUT2D eigenvalue weighted by Gasteiger charge is -2.12. The third kappa shape index (κ3) is 4.62. The van der Waals surface area contributed by atoms with Gasteiger partial charge in [0.2, 0.25) is 5.91 Å². The molecule has 1 saturated heterocycles. The van der Waals surface area contributed by atoms with E-state index in [0.29, 0.717) is 11.4 Å². The van der Waals surface area contributed by atoms with Crippen LogP contribution in [0.2, 0.25) is 0 Å². The van der Waals surface area contributed by atoms with E-state index in [-0.39, 0.29) is 11.4 Å². The van der Waals surface area contributed by atoms with Gasteiger partial charge in [-0.15, -0.1) is 0 Å². The minimum absolute atomic E-state index is 0.262. The number of nitrogens with zero attached hydrogens (tertiary/aromatic N) is 2. The van der Waals surface area contributed by atoms with E-state index in [1.54, 1.807) is 24.3 Å². The number of imide groups is 1. The van der Waals surface area contributed by atoms with Gasteiger partial charge in [0.15, 0.2) is 0 Å². The summed E-state index contributed by atoms with van der Waals surface area (Å²) < 4.78 is 0. The molecule has 3 rings (SSSR count). The van der Waals surface area contributed by atoms with Crippen molar-refractivity contribution in [2.45, 2.75) is 20.3 Å². The van der Waals surface area contributed by atoms with Gasteiger partial charge in [0.05, 0.1) is 10.6 Å². The van der Waals surface area contributed by atoms with Gasteiger partial charge in [0.1, 0.15) is 6.54 Å². The molecule has 0 bridgehead atoms. The van der Waals surface area contributed by atoms with Crippen LogP contribution < -0.4 is 5.32 Å². The average molecular weight is 381 g/mol. The number of pyridine rings is 1. The van der Waals surface area contributed by atoms with Gasteiger partial charge in [-0.2, -0.15) is 0 Å². The SMILES string of the molecule is CCc1ccc(NC(=O)CN2C(=O)S/C(=C/c3cccc(C)n3)C2=O)cc1. The number of carbonyl (C=O) groups is 3. The fourth-order valence-corrected chi connectivity index (χ4v) is 3.41. The fraction of sp³-hybridized carbons (Fsp3) is 0.200. The van der Waals surface area contributed by atoms with E-state index in [9.17, 15) is 14.4 Å². The molecule has 1 aliphatic rings. The first-order valence-electron chi connectivity index (χ1n) is 8.54. The topological polar surface area (TPSA) is 79.4 Å². The van der Waals surface area contributed by atoms with Crippen molar-refractivity contribution < 1.29 is 14.4 Å². The van der Waals surface area contributed by atoms with Crippen molar-refractivity contribution in [3.8, 4) is 0 Å². The van der Waals surface area contributed by atoms with Gasteiger partial charge >= 0.3 is 0 Å². The molecule has 2 aromatic rings. The molecule has 2 heterocycles. The highest BCUT2D eigenvalue weighted by molar-refractivity contribution is 8.18. The number of aryl methyl sites for hydroxylation is 2. The highest BCUT2D eigenvalue weighted by Crippen LogP contribution is 2.31. The quantitative estimate of drug-likeness (QED) is 0.800. The summed E-state index contributed by atoms with van der Waals surface area (Å²) in [5.74, 6) is -0.902. The van der Waals surface area contributed by atoms with Crippen molar-refractivity contribution in [1.29, 1.82) is 0 Å². The number of aromatic nitrogens is 1. The molecule has 3 amide bonds. The van der Waals surface area contributed by atoms with E-state index in [0.717, 1.165) is 34.3 Å². The standard InChI is InChI=1S/C20H19N3O3S/c1-3-14-7-9-15(10-8-14)22-18(24)12-23-19(25)17(27-20(23)26)11-16-6-4-5-13(2)21-16/h4-11H,3,12H2,1-2H3,(H,22,24)/b17-11+. The molecule has 0 aliphatic carbocycles. The number of nitrogens with one attached hydrogen (secondary N) is 1. The maximum Gasteiger partial charge on any atom is 0.294 e. The number of thioether (sulfide) groups is 1. The number of rotatable bonds is 5. The lowest BCUT2D eigenvalue weighted by molar-refractivity contribution is -0.127. The van der Waals surface area contributed by atoms with E-state index in [1.807, 2.05) is 38.1 Å². The van der Waals surface area contributed by atoms with Gasteiger partial charge in [-0.25, -0.2) is 0 Å². The smallest absolute Gasteiger partial charge is 0.294 e. The van der Waals surface area contributed by atoms with Gasteiger partial charge in [-0.05, 0) is 61.0 Å². The Bertz CT molecular complexity index is 922. The molecule has 6 nitrogen and oxygen atoms in total. The predicted molar refractivity (Wildman–Crippen MR) is 106 cm³/mol. The van der Waals surface area contributed by atoms with Crippen LogP contribution in [0.1, 0.15) is 23.9 Å². The number of carbonyl (C=O) groups excluding carboxylic acids is 3. The molecule has 0 unspecified atom stereocenters. The largest absolute Gasteiger partial charge is 0.325 e. The predicted octanol–water partition coefficient (Wildman–Crippen LogP) is 3.63. The van der Waals surface area contributed by atoms with Crippen molar-refractivity contribution in [2.75, 3.05) is 11.9 Å². The first-order valence-corrected chi connectivity index (χ1v) is 9.35. The maximum absolute atomic E-state index is 12.5. The van der Waals surface area contributed by atoms with Crippen LogP contribution in [0.5, 0.6) is 0 Å². The molecule has 1 aromatic heterocycles. The molecule has 1 aromatic carbocycles. The Kier molecular flexibility index (Phi) is 5.71. The first-order chi connectivity index (χ1) is 13.0. The molecule has 1 aliphatic heterocycles. The molecule has 7 heteroatoms. The van der Waals surface area contributed by atoms with E-state index >= 15 is 0 Å². The zero-order chi connectivity index (χ0) is 19.4. The Hall–Kier alpha value is -2.93. The monoisotopic (exact) mass is 381 g/mol. The van der Waals surface area contributed by atoms with Gasteiger partial charge in [-0.3, -0.25) is 24.3 Å². The summed E-state index contributed by atoms with van der Waals surface area (Å²) in [5.41, 5.74) is 3.20. The molecule has 0 atom stereocenters. The van der Waals surface area contributed by atoms with Crippen LogP contribution >= 0.6 is 11.8 Å². The summed E-state index contributed by atoms with van der Waals surface area (Å²) in [7, 11) is 0. The normalized spacial score (nSPS) is 15.5. The van der Waals surface area contributed by atoms with E-state index < -0.39 is 17.1 Å². The molecule has 1 N–H and O–H groups in total. The zero-order valence-electron chi connectivity index (χ0n) is 15.1. The molecule has 0 saturated carbocycles.